The Hall–Kier alpha value is -2.02. The third-order valence-electron chi connectivity index (χ3n) is 16.3. The Morgan fingerprint density at radius 1 is 0.917 bits per heavy atom. The first-order chi connectivity index (χ1) is 22.2. The first-order valence-electron chi connectivity index (χ1n) is 19.3. The highest BCUT2D eigenvalue weighted by Gasteiger charge is 2.66. The smallest absolute Gasteiger partial charge is 0.306 e. The van der Waals surface area contributed by atoms with Crippen LogP contribution in [0.1, 0.15) is 133 Å². The van der Waals surface area contributed by atoms with Crippen LogP contribution in [0.4, 0.5) is 0 Å². The van der Waals surface area contributed by atoms with E-state index in [1.165, 1.54) is 18.4 Å². The predicted octanol–water partition coefficient (Wildman–Crippen LogP) is 7.38. The largest absolute Gasteiger partial charge is 0.481 e. The lowest BCUT2D eigenvalue weighted by molar-refractivity contribution is -0.192. The Labute approximate surface area is 289 Å². The van der Waals surface area contributed by atoms with Gasteiger partial charge in [-0.05, 0) is 147 Å². The highest BCUT2D eigenvalue weighted by atomic mass is 16.4. The summed E-state index contributed by atoms with van der Waals surface area (Å²) in [4.78, 5) is 52.5. The molecule has 11 unspecified atom stereocenters. The summed E-state index contributed by atoms with van der Waals surface area (Å²) in [6.07, 6.45) is 10.1. The van der Waals surface area contributed by atoms with Gasteiger partial charge < -0.3 is 15.7 Å². The van der Waals surface area contributed by atoms with Gasteiger partial charge in [-0.2, -0.15) is 0 Å². The zero-order valence-electron chi connectivity index (χ0n) is 31.6. The molecule has 1 amide bonds. The van der Waals surface area contributed by atoms with Crippen molar-refractivity contribution in [3.8, 4) is 0 Å². The summed E-state index contributed by atoms with van der Waals surface area (Å²) in [6.45, 7) is 20.1. The average molecular weight is 665 g/mol. The minimum atomic E-state index is -0.761. The summed E-state index contributed by atoms with van der Waals surface area (Å²) >= 11 is 0. The van der Waals surface area contributed by atoms with Crippen molar-refractivity contribution in [1.29, 1.82) is 0 Å². The molecule has 6 rings (SSSR count). The van der Waals surface area contributed by atoms with Crippen molar-refractivity contribution in [2.75, 3.05) is 7.05 Å². The van der Waals surface area contributed by atoms with Crippen LogP contribution in [0.3, 0.4) is 0 Å². The van der Waals surface area contributed by atoms with E-state index in [2.05, 4.69) is 52.2 Å². The second-order valence-electron chi connectivity index (χ2n) is 19.4. The minimum absolute atomic E-state index is 0.0300. The highest BCUT2D eigenvalue weighted by molar-refractivity contribution is 6.02. The molecule has 5 saturated carbocycles. The summed E-state index contributed by atoms with van der Waals surface area (Å²) < 4.78 is 0. The van der Waals surface area contributed by atoms with E-state index in [4.69, 9.17) is 0 Å². The lowest BCUT2D eigenvalue weighted by Crippen LogP contribution is -2.65. The van der Waals surface area contributed by atoms with Crippen LogP contribution in [0.15, 0.2) is 11.1 Å². The first kappa shape index (κ1) is 35.8. The van der Waals surface area contributed by atoms with Crippen LogP contribution in [0.25, 0.3) is 0 Å². The highest BCUT2D eigenvalue weighted by Crippen LogP contribution is 2.73. The second-order valence-corrected chi connectivity index (χ2v) is 19.4. The zero-order valence-corrected chi connectivity index (χ0v) is 31.6. The molecule has 0 spiro atoms. The average Bonchev–Trinajstić information content (AvgIpc) is 3.29. The molecular formula is C41H64N2O5. The molecule has 0 aromatic rings. The number of allylic oxidation sites excluding steroid dienone is 1. The van der Waals surface area contributed by atoms with Crippen LogP contribution in [-0.2, 0) is 19.2 Å². The molecule has 0 aromatic heterocycles. The standard InChI is InChI=1S/C41H64N2O5/c1-22(2)33-30(45)21-41(43-36(48)38(6,7)42-10)18-14-28-25(34(33)41)11-12-32-39(28,8)17-15-31-37(4,5)24(13-16-40(31,32)9)19-29(44)26-20-27(23(26)3)35(46)47/h22-28,31-32,42H,11-21H2,1-10H3,(H,43,48)(H,46,47). The van der Waals surface area contributed by atoms with Crippen molar-refractivity contribution in [3.63, 3.8) is 0 Å². The van der Waals surface area contributed by atoms with Gasteiger partial charge in [0.2, 0.25) is 5.91 Å². The fraction of sp³-hybridized carbons (Fsp3) is 0.854. The molecule has 0 aromatic carbocycles. The van der Waals surface area contributed by atoms with Gasteiger partial charge in [0.25, 0.3) is 0 Å². The summed E-state index contributed by atoms with van der Waals surface area (Å²) in [5.41, 5.74) is 1.39. The van der Waals surface area contributed by atoms with E-state index in [0.717, 1.165) is 44.1 Å². The third-order valence-corrected chi connectivity index (χ3v) is 16.3. The number of carbonyl (C=O) groups is 4. The molecule has 7 heteroatoms. The predicted molar refractivity (Wildman–Crippen MR) is 188 cm³/mol. The van der Waals surface area contributed by atoms with Gasteiger partial charge in [-0.1, -0.05) is 48.5 Å². The van der Waals surface area contributed by atoms with Crippen molar-refractivity contribution in [2.45, 2.75) is 144 Å². The topological polar surface area (TPSA) is 113 Å². The molecule has 3 N–H and O–H groups in total. The lowest BCUT2D eigenvalue weighted by Gasteiger charge is -2.69. The number of amides is 1. The third kappa shape index (κ3) is 5.12. The maximum atomic E-state index is 13.8. The molecule has 0 saturated heterocycles. The molecular weight excluding hydrogens is 600 g/mol. The van der Waals surface area contributed by atoms with Gasteiger partial charge in [-0.25, -0.2) is 0 Å². The SMILES string of the molecule is CNC(C)(C)C(=O)NC12CCC3C(CCC4C3(C)CCC3C(C)(C)C(CC(=O)C5CC(C(=O)O)C5C)CCC34C)C1=C(C(C)C)C(=O)C2. The maximum Gasteiger partial charge on any atom is 0.306 e. The van der Waals surface area contributed by atoms with Crippen LogP contribution in [0, 0.1) is 69.5 Å². The van der Waals surface area contributed by atoms with Crippen LogP contribution in [0.2, 0.25) is 0 Å². The number of ketones is 2. The second kappa shape index (κ2) is 11.8. The summed E-state index contributed by atoms with van der Waals surface area (Å²) in [5.74, 6) is 1.63. The Balaban J connectivity index is 1.25. The number of likely N-dealkylation sites (N-methyl/N-ethyl adjacent to an activating group) is 1. The summed E-state index contributed by atoms with van der Waals surface area (Å²) in [6, 6.07) is 0. The number of fused-ring (bicyclic) bond motifs is 7. The number of hydrogen-bond acceptors (Lipinski definition) is 5. The monoisotopic (exact) mass is 664 g/mol. The normalized spacial score (nSPS) is 43.4. The fourth-order valence-electron chi connectivity index (χ4n) is 13.3. The van der Waals surface area contributed by atoms with Crippen molar-refractivity contribution in [3.05, 3.63) is 11.1 Å². The fourth-order valence-corrected chi connectivity index (χ4v) is 13.3. The van der Waals surface area contributed by atoms with Gasteiger partial charge in [0.05, 0.1) is 17.0 Å². The van der Waals surface area contributed by atoms with E-state index in [1.54, 1.807) is 0 Å². The van der Waals surface area contributed by atoms with Gasteiger partial charge in [0.1, 0.15) is 5.78 Å². The van der Waals surface area contributed by atoms with Gasteiger partial charge in [-0.15, -0.1) is 0 Å². The van der Waals surface area contributed by atoms with E-state index in [0.29, 0.717) is 54.6 Å². The minimum Gasteiger partial charge on any atom is -0.481 e. The Morgan fingerprint density at radius 3 is 2.19 bits per heavy atom. The number of carboxylic acid groups (broad SMARTS) is 1. The van der Waals surface area contributed by atoms with Crippen LogP contribution in [0.5, 0.6) is 0 Å². The Morgan fingerprint density at radius 2 is 1.58 bits per heavy atom. The summed E-state index contributed by atoms with van der Waals surface area (Å²) in [5, 5.41) is 16.1. The van der Waals surface area contributed by atoms with Crippen LogP contribution >= 0.6 is 0 Å². The van der Waals surface area contributed by atoms with Crippen LogP contribution < -0.4 is 10.6 Å². The Bertz CT molecular complexity index is 1410. The molecule has 0 heterocycles. The first-order valence-corrected chi connectivity index (χ1v) is 19.3. The van der Waals surface area contributed by atoms with Gasteiger partial charge in [-0.3, -0.25) is 19.2 Å². The molecule has 6 aliphatic carbocycles. The summed E-state index contributed by atoms with van der Waals surface area (Å²) in [7, 11) is 1.82. The molecule has 5 fully saturated rings. The molecule has 6 aliphatic rings. The molecule has 0 radical (unpaired) electrons. The van der Waals surface area contributed by atoms with E-state index in [9.17, 15) is 24.3 Å². The Kier molecular flexibility index (Phi) is 8.78. The van der Waals surface area contributed by atoms with Crippen molar-refractivity contribution < 1.29 is 24.3 Å². The van der Waals surface area contributed by atoms with Gasteiger partial charge in [0, 0.05) is 18.8 Å². The number of carbonyl (C=O) groups excluding carboxylic acids is 3. The number of Topliss-reactive ketones (excluding diaryl/α,β-unsaturated/α-hetero) is 2. The van der Waals surface area contributed by atoms with Crippen LogP contribution in [-0.4, -0.2) is 46.7 Å². The van der Waals surface area contributed by atoms with Crippen molar-refractivity contribution in [2.24, 2.45) is 69.5 Å². The quantitative estimate of drug-likeness (QED) is 0.250. The van der Waals surface area contributed by atoms with E-state index < -0.39 is 17.0 Å². The molecule has 268 valence electrons. The number of nitrogens with one attached hydrogen (secondary N) is 2. The van der Waals surface area contributed by atoms with E-state index in [-0.39, 0.29) is 51.6 Å². The molecule has 0 bridgehead atoms. The zero-order chi connectivity index (χ0) is 35.4. The number of aliphatic carboxylic acids is 1. The number of hydrogen-bond donors (Lipinski definition) is 3. The lowest BCUT2D eigenvalue weighted by atomic mass is 9.36. The van der Waals surface area contributed by atoms with Gasteiger partial charge >= 0.3 is 5.97 Å². The maximum absolute atomic E-state index is 13.8. The number of carboxylic acids is 1. The number of rotatable bonds is 8. The molecule has 0 aliphatic heterocycles. The van der Waals surface area contributed by atoms with Gasteiger partial charge in [0.15, 0.2) is 5.78 Å². The van der Waals surface area contributed by atoms with Crippen molar-refractivity contribution in [1.82, 2.24) is 10.6 Å². The van der Waals surface area contributed by atoms with Crippen molar-refractivity contribution >= 4 is 23.4 Å². The van der Waals surface area contributed by atoms with E-state index in [1.807, 2.05) is 27.8 Å². The molecule has 7 nitrogen and oxygen atoms in total. The van der Waals surface area contributed by atoms with E-state index >= 15 is 0 Å². The molecule has 11 atom stereocenters. The molecule has 48 heavy (non-hydrogen) atoms.